The average Bonchev–Trinajstić information content (AvgIpc) is 3.58. The summed E-state index contributed by atoms with van der Waals surface area (Å²) < 4.78 is 25.7. The number of aromatic nitrogens is 1. The van der Waals surface area contributed by atoms with Gasteiger partial charge in [0.25, 0.3) is 5.91 Å². The van der Waals surface area contributed by atoms with Gasteiger partial charge in [0, 0.05) is 25.0 Å². The monoisotopic (exact) mass is 505 g/mol. The second kappa shape index (κ2) is 10.00. The molecule has 0 spiro atoms. The molecular formula is C29H32FN3O4. The summed E-state index contributed by atoms with van der Waals surface area (Å²) in [5.41, 5.74) is 2.42. The van der Waals surface area contributed by atoms with E-state index in [-0.39, 0.29) is 29.9 Å². The number of ether oxygens (including phenoxy) is 1. The van der Waals surface area contributed by atoms with Crippen molar-refractivity contribution in [1.29, 1.82) is 0 Å². The molecule has 37 heavy (non-hydrogen) atoms. The number of rotatable bonds is 5. The minimum absolute atomic E-state index is 0.00807. The first-order chi connectivity index (χ1) is 17.7. The van der Waals surface area contributed by atoms with E-state index in [1.54, 1.807) is 11.0 Å². The van der Waals surface area contributed by atoms with Crippen molar-refractivity contribution in [1.82, 2.24) is 14.8 Å². The van der Waals surface area contributed by atoms with Crippen LogP contribution < -0.4 is 4.74 Å². The zero-order valence-corrected chi connectivity index (χ0v) is 21.5. The summed E-state index contributed by atoms with van der Waals surface area (Å²) in [6, 6.07) is 11.8. The van der Waals surface area contributed by atoms with Crippen LogP contribution in [0, 0.1) is 11.2 Å². The van der Waals surface area contributed by atoms with Gasteiger partial charge in [-0.3, -0.25) is 9.59 Å². The van der Waals surface area contributed by atoms with Crippen LogP contribution in [-0.4, -0.2) is 46.2 Å². The first-order valence-electron chi connectivity index (χ1n) is 12.8. The number of likely N-dealkylation sites (tertiary alicyclic amines) is 1. The number of hydrogen-bond donors (Lipinski definition) is 0. The molecule has 1 aromatic heterocycles. The van der Waals surface area contributed by atoms with Crippen LogP contribution in [-0.2, 0) is 17.8 Å². The molecule has 8 heteroatoms. The van der Waals surface area contributed by atoms with Gasteiger partial charge >= 0.3 is 0 Å². The van der Waals surface area contributed by atoms with E-state index in [2.05, 4.69) is 4.98 Å². The molecule has 1 fully saturated rings. The molecule has 0 radical (unpaired) electrons. The van der Waals surface area contributed by atoms with Gasteiger partial charge < -0.3 is 19.0 Å². The normalized spacial score (nSPS) is 17.6. The SMILES string of the molecule is CC(C)(C)C(=O)N1CCc2ccc(OCc3nc(C(=O)N4CCCC4)co3)cc2C1c1cccc(F)c1. The summed E-state index contributed by atoms with van der Waals surface area (Å²) in [7, 11) is 0. The largest absolute Gasteiger partial charge is 0.484 e. The smallest absolute Gasteiger partial charge is 0.275 e. The Balaban J connectivity index is 1.39. The van der Waals surface area contributed by atoms with Crippen LogP contribution in [0.15, 0.2) is 53.1 Å². The number of fused-ring (bicyclic) bond motifs is 1. The maximum Gasteiger partial charge on any atom is 0.275 e. The first-order valence-corrected chi connectivity index (χ1v) is 12.8. The Kier molecular flexibility index (Phi) is 6.75. The minimum atomic E-state index is -0.577. The predicted molar refractivity (Wildman–Crippen MR) is 136 cm³/mol. The molecule has 2 aliphatic heterocycles. The highest BCUT2D eigenvalue weighted by Crippen LogP contribution is 2.39. The van der Waals surface area contributed by atoms with Gasteiger partial charge in [-0.1, -0.05) is 39.0 Å². The summed E-state index contributed by atoms with van der Waals surface area (Å²) in [5.74, 6) is 0.433. The summed E-state index contributed by atoms with van der Waals surface area (Å²) in [5, 5.41) is 0. The third-order valence-corrected chi connectivity index (χ3v) is 6.94. The molecule has 2 amide bonds. The van der Waals surface area contributed by atoms with Crippen LogP contribution in [0.5, 0.6) is 5.75 Å². The Bertz CT molecular complexity index is 1310. The van der Waals surface area contributed by atoms with E-state index in [0.717, 1.165) is 37.1 Å². The number of nitrogens with zero attached hydrogens (tertiary/aromatic N) is 3. The number of halogens is 1. The van der Waals surface area contributed by atoms with Crippen molar-refractivity contribution in [2.45, 2.75) is 52.7 Å². The summed E-state index contributed by atoms with van der Waals surface area (Å²) in [4.78, 5) is 33.9. The van der Waals surface area contributed by atoms with Crippen molar-refractivity contribution in [3.8, 4) is 5.75 Å². The third-order valence-electron chi connectivity index (χ3n) is 6.94. The van der Waals surface area contributed by atoms with Gasteiger partial charge in [0.2, 0.25) is 11.8 Å². The van der Waals surface area contributed by atoms with Gasteiger partial charge in [0.05, 0.1) is 6.04 Å². The first kappa shape index (κ1) is 25.0. The number of hydrogen-bond acceptors (Lipinski definition) is 5. The highest BCUT2D eigenvalue weighted by Gasteiger charge is 2.37. The molecule has 1 unspecified atom stereocenters. The molecule has 194 valence electrons. The molecule has 3 heterocycles. The van der Waals surface area contributed by atoms with Gasteiger partial charge in [-0.15, -0.1) is 0 Å². The van der Waals surface area contributed by atoms with E-state index < -0.39 is 11.5 Å². The third kappa shape index (κ3) is 5.24. The zero-order valence-electron chi connectivity index (χ0n) is 21.5. The van der Waals surface area contributed by atoms with Gasteiger partial charge in [-0.2, -0.15) is 0 Å². The van der Waals surface area contributed by atoms with Gasteiger partial charge in [-0.25, -0.2) is 9.37 Å². The van der Waals surface area contributed by atoms with E-state index in [4.69, 9.17) is 9.15 Å². The molecule has 0 bridgehead atoms. The van der Waals surface area contributed by atoms with E-state index in [0.29, 0.717) is 30.2 Å². The van der Waals surface area contributed by atoms with Crippen LogP contribution in [0.2, 0.25) is 0 Å². The second-order valence-electron chi connectivity index (χ2n) is 10.7. The molecular weight excluding hydrogens is 473 g/mol. The Hall–Kier alpha value is -3.68. The molecule has 3 aromatic rings. The Morgan fingerprint density at radius 3 is 2.62 bits per heavy atom. The Morgan fingerprint density at radius 1 is 1.11 bits per heavy atom. The maximum atomic E-state index is 14.2. The molecule has 7 nitrogen and oxygen atoms in total. The van der Waals surface area contributed by atoms with Gasteiger partial charge in [0.15, 0.2) is 12.3 Å². The molecule has 2 aliphatic rings. The number of amides is 2. The summed E-state index contributed by atoms with van der Waals surface area (Å²) in [6.07, 6.45) is 4.09. The highest BCUT2D eigenvalue weighted by molar-refractivity contribution is 5.92. The Morgan fingerprint density at radius 2 is 1.89 bits per heavy atom. The summed E-state index contributed by atoms with van der Waals surface area (Å²) in [6.45, 7) is 7.78. The lowest BCUT2D eigenvalue weighted by Crippen LogP contribution is -2.45. The molecule has 1 atom stereocenters. The zero-order chi connectivity index (χ0) is 26.2. The van der Waals surface area contributed by atoms with Gasteiger partial charge in [-0.05, 0) is 60.2 Å². The number of oxazole rings is 1. The lowest BCUT2D eigenvalue weighted by atomic mass is 9.85. The van der Waals surface area contributed by atoms with Crippen LogP contribution in [0.25, 0.3) is 0 Å². The molecule has 2 aromatic carbocycles. The number of carbonyl (C=O) groups excluding carboxylic acids is 2. The number of benzene rings is 2. The quantitative estimate of drug-likeness (QED) is 0.480. The molecule has 1 saturated heterocycles. The van der Waals surface area contributed by atoms with E-state index >= 15 is 0 Å². The maximum absolute atomic E-state index is 14.2. The summed E-state index contributed by atoms with van der Waals surface area (Å²) >= 11 is 0. The van der Waals surface area contributed by atoms with E-state index in [1.165, 1.54) is 18.4 Å². The fourth-order valence-corrected chi connectivity index (χ4v) is 5.07. The van der Waals surface area contributed by atoms with Crippen molar-refractivity contribution in [3.05, 3.63) is 82.8 Å². The van der Waals surface area contributed by atoms with Crippen LogP contribution >= 0.6 is 0 Å². The molecule has 5 rings (SSSR count). The van der Waals surface area contributed by atoms with Crippen molar-refractivity contribution in [2.24, 2.45) is 5.41 Å². The Labute approximate surface area is 216 Å². The van der Waals surface area contributed by atoms with Crippen LogP contribution in [0.3, 0.4) is 0 Å². The lowest BCUT2D eigenvalue weighted by Gasteiger charge is -2.41. The molecule has 0 aliphatic carbocycles. The van der Waals surface area contributed by atoms with Crippen molar-refractivity contribution in [2.75, 3.05) is 19.6 Å². The van der Waals surface area contributed by atoms with Crippen molar-refractivity contribution in [3.63, 3.8) is 0 Å². The predicted octanol–water partition coefficient (Wildman–Crippen LogP) is 5.15. The highest BCUT2D eigenvalue weighted by atomic mass is 19.1. The standard InChI is InChI=1S/C29H32FN3O4/c1-29(2,3)28(35)33-14-11-19-9-10-22(16-23(19)26(33)20-7-6-8-21(30)15-20)36-18-25-31-24(17-37-25)27(34)32-12-4-5-13-32/h6-10,15-17,26H,4-5,11-14,18H2,1-3H3. The topological polar surface area (TPSA) is 75.9 Å². The van der Waals surface area contributed by atoms with Crippen molar-refractivity contribution >= 4 is 11.8 Å². The van der Waals surface area contributed by atoms with Crippen molar-refractivity contribution < 1.29 is 23.1 Å². The molecule has 0 N–H and O–H groups in total. The second-order valence-corrected chi connectivity index (χ2v) is 10.7. The molecule has 0 saturated carbocycles. The fourth-order valence-electron chi connectivity index (χ4n) is 5.07. The van der Waals surface area contributed by atoms with E-state index in [1.807, 2.05) is 49.9 Å². The van der Waals surface area contributed by atoms with Gasteiger partial charge in [0.1, 0.15) is 17.8 Å². The average molecular weight is 506 g/mol. The van der Waals surface area contributed by atoms with Crippen LogP contribution in [0.4, 0.5) is 4.39 Å². The van der Waals surface area contributed by atoms with Crippen LogP contribution in [0.1, 0.15) is 72.7 Å². The number of carbonyl (C=O) groups is 2. The fraction of sp³-hybridized carbons (Fsp3) is 0.414. The minimum Gasteiger partial charge on any atom is -0.484 e. The lowest BCUT2D eigenvalue weighted by molar-refractivity contribution is -0.141. The van der Waals surface area contributed by atoms with E-state index in [9.17, 15) is 14.0 Å².